The van der Waals surface area contributed by atoms with Gasteiger partial charge in [-0.1, -0.05) is 34.7 Å². The number of benzene rings is 1. The average Bonchev–Trinajstić information content (AvgIpc) is 3.66. The molecular formula is C26H27F3N10O4. The summed E-state index contributed by atoms with van der Waals surface area (Å²) in [6.07, 6.45) is 0.453. The van der Waals surface area contributed by atoms with Gasteiger partial charge in [0.2, 0.25) is 6.41 Å². The van der Waals surface area contributed by atoms with Gasteiger partial charge in [-0.25, -0.2) is 4.79 Å². The summed E-state index contributed by atoms with van der Waals surface area (Å²) in [5.74, 6) is -0.236. The number of aryl methyl sites for hydroxylation is 2. The number of hydrogen-bond donors (Lipinski definition) is 3. The Morgan fingerprint density at radius 2 is 1.67 bits per heavy atom. The predicted molar refractivity (Wildman–Crippen MR) is 143 cm³/mol. The monoisotopic (exact) mass is 600 g/mol. The van der Waals surface area contributed by atoms with Crippen LogP contribution >= 0.6 is 0 Å². The number of anilines is 1. The van der Waals surface area contributed by atoms with Crippen molar-refractivity contribution < 1.29 is 32.7 Å². The highest BCUT2D eigenvalue weighted by Crippen LogP contribution is 2.29. The number of carbonyl (C=O) groups is 3. The van der Waals surface area contributed by atoms with Gasteiger partial charge in [-0.15, -0.1) is 10.2 Å². The topological polar surface area (TPSA) is 173 Å². The van der Waals surface area contributed by atoms with Crippen molar-refractivity contribution in [3.8, 4) is 0 Å². The Morgan fingerprint density at radius 3 is 2.40 bits per heavy atom. The molecule has 1 aromatic carbocycles. The molecule has 0 bridgehead atoms. The zero-order valence-corrected chi connectivity index (χ0v) is 22.6. The number of nitrogens with one attached hydrogen (secondary N) is 2. The SMILES string of the molecule is O=CN(Cc1cccc(CNC(=O)O)c1)c1cn(CCCCn2cc(C(=O)NCc3cc(C(F)(F)F)ccn3)nn2)nn1. The molecule has 0 aliphatic heterocycles. The van der Waals surface area contributed by atoms with Crippen LogP contribution in [-0.2, 0) is 43.7 Å². The van der Waals surface area contributed by atoms with Gasteiger partial charge in [-0.05, 0) is 36.1 Å². The van der Waals surface area contributed by atoms with Gasteiger partial charge < -0.3 is 15.7 Å². The molecule has 0 radical (unpaired) electrons. The number of pyridine rings is 1. The smallest absolute Gasteiger partial charge is 0.416 e. The molecular weight excluding hydrogens is 573 g/mol. The number of rotatable bonds is 14. The number of alkyl halides is 3. The zero-order valence-electron chi connectivity index (χ0n) is 22.6. The Bertz CT molecular complexity index is 1560. The van der Waals surface area contributed by atoms with E-state index in [1.54, 1.807) is 29.1 Å². The molecule has 0 atom stereocenters. The van der Waals surface area contributed by atoms with E-state index in [1.807, 2.05) is 6.07 Å². The molecule has 0 spiro atoms. The van der Waals surface area contributed by atoms with E-state index in [4.69, 9.17) is 5.11 Å². The Hall–Kier alpha value is -5.35. The summed E-state index contributed by atoms with van der Waals surface area (Å²) < 4.78 is 41.6. The maximum atomic E-state index is 12.9. The minimum absolute atomic E-state index is 0.0190. The van der Waals surface area contributed by atoms with Gasteiger partial charge in [0, 0.05) is 25.8 Å². The number of amides is 3. The standard InChI is InChI=1S/C26H27F3N10O4/c27-26(28,29)20-6-7-30-21(11-20)13-31-24(41)22-15-38(35-33-22)8-1-2-9-39-16-23(34-36-39)37(17-40)14-19-5-3-4-18(10-19)12-32-25(42)43/h3-7,10-11,15-17,32H,1-2,8-9,12-14H2,(H,31,41)(H,42,43). The molecule has 0 unspecified atom stereocenters. The second-order valence-electron chi connectivity index (χ2n) is 9.34. The lowest BCUT2D eigenvalue weighted by atomic mass is 10.1. The number of halogens is 3. The molecule has 3 N–H and O–H groups in total. The van der Waals surface area contributed by atoms with Crippen molar-refractivity contribution >= 4 is 24.2 Å². The molecule has 0 saturated carbocycles. The van der Waals surface area contributed by atoms with Gasteiger partial charge in [-0.2, -0.15) is 13.2 Å². The van der Waals surface area contributed by atoms with E-state index in [0.717, 1.165) is 29.5 Å². The van der Waals surface area contributed by atoms with Gasteiger partial charge in [-0.3, -0.25) is 28.8 Å². The summed E-state index contributed by atoms with van der Waals surface area (Å²) >= 11 is 0. The fraction of sp³-hybridized carbons (Fsp3) is 0.308. The Morgan fingerprint density at radius 1 is 0.953 bits per heavy atom. The van der Waals surface area contributed by atoms with Crippen LogP contribution < -0.4 is 15.5 Å². The third-order valence-electron chi connectivity index (χ3n) is 6.11. The lowest BCUT2D eigenvalue weighted by Gasteiger charge is -2.14. The Kier molecular flexibility index (Phi) is 9.98. The van der Waals surface area contributed by atoms with Crippen molar-refractivity contribution in [2.45, 2.75) is 51.7 Å². The molecule has 43 heavy (non-hydrogen) atoms. The number of carboxylic acid groups (broad SMARTS) is 1. The highest BCUT2D eigenvalue weighted by molar-refractivity contribution is 5.91. The van der Waals surface area contributed by atoms with E-state index < -0.39 is 23.7 Å². The van der Waals surface area contributed by atoms with Crippen molar-refractivity contribution in [3.05, 3.63) is 83.1 Å². The quantitative estimate of drug-likeness (QED) is 0.145. The van der Waals surface area contributed by atoms with E-state index in [0.29, 0.717) is 38.2 Å². The first-order valence-corrected chi connectivity index (χ1v) is 13.0. The largest absolute Gasteiger partial charge is 0.465 e. The maximum absolute atomic E-state index is 12.9. The molecule has 0 aliphatic carbocycles. The van der Waals surface area contributed by atoms with E-state index >= 15 is 0 Å². The molecule has 0 fully saturated rings. The molecule has 0 saturated heterocycles. The lowest BCUT2D eigenvalue weighted by Crippen LogP contribution is -2.24. The summed E-state index contributed by atoms with van der Waals surface area (Å²) in [4.78, 5) is 40.0. The third kappa shape index (κ3) is 9.07. The van der Waals surface area contributed by atoms with Crippen LogP contribution in [0.3, 0.4) is 0 Å². The predicted octanol–water partition coefficient (Wildman–Crippen LogP) is 2.62. The van der Waals surface area contributed by atoms with Gasteiger partial charge in [0.1, 0.15) is 0 Å². The van der Waals surface area contributed by atoms with Crippen LogP contribution in [0.4, 0.5) is 23.8 Å². The number of nitrogens with zero attached hydrogens (tertiary/aromatic N) is 8. The van der Waals surface area contributed by atoms with E-state index in [9.17, 15) is 27.6 Å². The summed E-state index contributed by atoms with van der Waals surface area (Å²) in [5, 5.41) is 29.4. The molecule has 3 heterocycles. The number of carbonyl (C=O) groups excluding carboxylic acids is 2. The molecule has 3 amide bonds. The number of unbranched alkanes of at least 4 members (excludes halogenated alkanes) is 1. The lowest BCUT2D eigenvalue weighted by molar-refractivity contribution is -0.137. The van der Waals surface area contributed by atoms with Crippen LogP contribution in [0, 0.1) is 0 Å². The summed E-state index contributed by atoms with van der Waals surface area (Å²) in [7, 11) is 0. The fourth-order valence-corrected chi connectivity index (χ4v) is 3.99. The number of hydrogen-bond acceptors (Lipinski definition) is 8. The molecule has 3 aromatic heterocycles. The van der Waals surface area contributed by atoms with Crippen LogP contribution in [0.25, 0.3) is 0 Å². The number of aromatic nitrogens is 7. The first-order valence-electron chi connectivity index (χ1n) is 13.0. The Balaban J connectivity index is 1.21. The second kappa shape index (κ2) is 14.0. The van der Waals surface area contributed by atoms with Gasteiger partial charge >= 0.3 is 12.3 Å². The molecule has 226 valence electrons. The first-order chi connectivity index (χ1) is 20.6. The zero-order chi connectivity index (χ0) is 30.8. The highest BCUT2D eigenvalue weighted by Gasteiger charge is 2.30. The Labute approximate surface area is 242 Å². The fourth-order valence-electron chi connectivity index (χ4n) is 3.99. The molecule has 14 nitrogen and oxygen atoms in total. The van der Waals surface area contributed by atoms with Crippen molar-refractivity contribution in [1.29, 1.82) is 0 Å². The summed E-state index contributed by atoms with van der Waals surface area (Å²) in [6.45, 7) is 1.12. The van der Waals surface area contributed by atoms with Crippen LogP contribution in [0.1, 0.15) is 45.7 Å². The normalized spacial score (nSPS) is 11.2. The maximum Gasteiger partial charge on any atom is 0.416 e. The van der Waals surface area contributed by atoms with E-state index in [1.165, 1.54) is 15.8 Å². The van der Waals surface area contributed by atoms with Gasteiger partial charge in [0.25, 0.3) is 5.91 Å². The minimum atomic E-state index is -4.51. The van der Waals surface area contributed by atoms with Gasteiger partial charge in [0.05, 0.1) is 36.7 Å². The van der Waals surface area contributed by atoms with Crippen LogP contribution in [0.5, 0.6) is 0 Å². The minimum Gasteiger partial charge on any atom is -0.465 e. The molecule has 0 aliphatic rings. The van der Waals surface area contributed by atoms with Crippen LogP contribution in [0.2, 0.25) is 0 Å². The first kappa shape index (κ1) is 30.6. The van der Waals surface area contributed by atoms with E-state index in [2.05, 4.69) is 36.2 Å². The average molecular weight is 601 g/mol. The van der Waals surface area contributed by atoms with Crippen molar-refractivity contribution in [3.63, 3.8) is 0 Å². The molecule has 4 aromatic rings. The van der Waals surface area contributed by atoms with Crippen molar-refractivity contribution in [2.75, 3.05) is 4.90 Å². The van der Waals surface area contributed by atoms with Crippen LogP contribution in [0.15, 0.2) is 55.0 Å². The summed E-state index contributed by atoms with van der Waals surface area (Å²) in [5.41, 5.74) is 0.769. The van der Waals surface area contributed by atoms with Crippen molar-refractivity contribution in [2.24, 2.45) is 0 Å². The second-order valence-corrected chi connectivity index (χ2v) is 9.34. The highest BCUT2D eigenvalue weighted by atomic mass is 19.4. The molecule has 4 rings (SSSR count). The van der Waals surface area contributed by atoms with Gasteiger partial charge in [0.15, 0.2) is 11.5 Å². The summed E-state index contributed by atoms with van der Waals surface area (Å²) in [6, 6.07) is 8.89. The van der Waals surface area contributed by atoms with E-state index in [-0.39, 0.29) is 31.0 Å². The van der Waals surface area contributed by atoms with Crippen molar-refractivity contribution in [1.82, 2.24) is 45.6 Å². The van der Waals surface area contributed by atoms with Crippen LogP contribution in [-0.4, -0.2) is 58.5 Å². The molecule has 17 heteroatoms. The third-order valence-corrected chi connectivity index (χ3v) is 6.11.